The van der Waals surface area contributed by atoms with Crippen molar-refractivity contribution in [2.24, 2.45) is 4.99 Å². The summed E-state index contributed by atoms with van der Waals surface area (Å²) in [5.74, 6) is 1.71. The molecule has 0 radical (unpaired) electrons. The molecule has 0 saturated carbocycles. The number of carbonyl (C=O) groups is 1. The van der Waals surface area contributed by atoms with Crippen molar-refractivity contribution < 1.29 is 4.79 Å². The highest BCUT2D eigenvalue weighted by Gasteiger charge is 2.04. The van der Waals surface area contributed by atoms with Crippen molar-refractivity contribution in [3.63, 3.8) is 0 Å². The van der Waals surface area contributed by atoms with Crippen LogP contribution in [0.25, 0.3) is 0 Å². The second-order valence-corrected chi connectivity index (χ2v) is 6.35. The van der Waals surface area contributed by atoms with E-state index in [1.165, 1.54) is 0 Å². The predicted octanol–water partition coefficient (Wildman–Crippen LogP) is 2.10. The van der Waals surface area contributed by atoms with Gasteiger partial charge in [-0.05, 0) is 31.4 Å². The number of thioether (sulfide) groups is 1. The lowest BCUT2D eigenvalue weighted by Crippen LogP contribution is -2.41. The zero-order valence-corrected chi connectivity index (χ0v) is 15.4. The first-order valence-corrected chi connectivity index (χ1v) is 9.41. The average molecular weight is 387 g/mol. The third-order valence-electron chi connectivity index (χ3n) is 2.70. The number of carbonyl (C=O) groups excluding carboxylic acids is 1. The minimum atomic E-state index is -0.0765. The van der Waals surface area contributed by atoms with E-state index in [1.807, 2.05) is 19.1 Å². The standard InChI is InChI=1S/C15H23BrN4OS/c1-3-17-15(20-9-10-22-2)19-8-7-18-14(21)12-5-4-6-13(16)11-12/h4-6,11H,3,7-10H2,1-2H3,(H,18,21)(H2,17,19,20). The molecule has 0 aliphatic heterocycles. The number of nitrogens with zero attached hydrogens (tertiary/aromatic N) is 1. The first kappa shape index (κ1) is 18.8. The van der Waals surface area contributed by atoms with Crippen LogP contribution in [0, 0.1) is 0 Å². The van der Waals surface area contributed by atoms with Crippen LogP contribution in [0.3, 0.4) is 0 Å². The van der Waals surface area contributed by atoms with Crippen LogP contribution in [0.4, 0.5) is 0 Å². The van der Waals surface area contributed by atoms with E-state index in [0.29, 0.717) is 18.7 Å². The molecule has 1 rings (SSSR count). The van der Waals surface area contributed by atoms with Crippen molar-refractivity contribution in [3.05, 3.63) is 34.3 Å². The predicted molar refractivity (Wildman–Crippen MR) is 98.8 cm³/mol. The highest BCUT2D eigenvalue weighted by Crippen LogP contribution is 2.11. The van der Waals surface area contributed by atoms with Crippen LogP contribution in [0.1, 0.15) is 17.3 Å². The molecule has 0 spiro atoms. The second-order valence-electron chi connectivity index (χ2n) is 4.45. The fourth-order valence-corrected chi connectivity index (χ4v) is 2.35. The van der Waals surface area contributed by atoms with Gasteiger partial charge in [-0.2, -0.15) is 11.8 Å². The van der Waals surface area contributed by atoms with E-state index in [0.717, 1.165) is 29.3 Å². The lowest BCUT2D eigenvalue weighted by atomic mass is 10.2. The van der Waals surface area contributed by atoms with Gasteiger partial charge >= 0.3 is 0 Å². The van der Waals surface area contributed by atoms with Crippen LogP contribution in [-0.4, -0.2) is 50.1 Å². The van der Waals surface area contributed by atoms with E-state index in [9.17, 15) is 4.79 Å². The molecule has 0 aromatic heterocycles. The lowest BCUT2D eigenvalue weighted by Gasteiger charge is -2.11. The van der Waals surface area contributed by atoms with Crippen LogP contribution in [0.15, 0.2) is 33.7 Å². The van der Waals surface area contributed by atoms with Gasteiger partial charge in [-0.3, -0.25) is 9.79 Å². The molecule has 1 aromatic carbocycles. The van der Waals surface area contributed by atoms with Crippen molar-refractivity contribution in [2.75, 3.05) is 38.2 Å². The third kappa shape index (κ3) is 7.70. The summed E-state index contributed by atoms with van der Waals surface area (Å²) < 4.78 is 0.897. The largest absolute Gasteiger partial charge is 0.357 e. The topological polar surface area (TPSA) is 65.5 Å². The fraction of sp³-hybridized carbons (Fsp3) is 0.467. The quantitative estimate of drug-likeness (QED) is 0.363. The van der Waals surface area contributed by atoms with E-state index in [2.05, 4.69) is 43.1 Å². The molecule has 1 amide bonds. The molecule has 0 fully saturated rings. The number of aliphatic imine (C=N–C) groups is 1. The van der Waals surface area contributed by atoms with E-state index in [4.69, 9.17) is 0 Å². The minimum Gasteiger partial charge on any atom is -0.357 e. The highest BCUT2D eigenvalue weighted by atomic mass is 79.9. The van der Waals surface area contributed by atoms with E-state index in [1.54, 1.807) is 23.9 Å². The van der Waals surface area contributed by atoms with Crippen LogP contribution in [-0.2, 0) is 0 Å². The van der Waals surface area contributed by atoms with Crippen LogP contribution in [0.5, 0.6) is 0 Å². The molecule has 7 heteroatoms. The summed E-state index contributed by atoms with van der Waals surface area (Å²) in [6, 6.07) is 7.34. The van der Waals surface area contributed by atoms with Gasteiger partial charge < -0.3 is 16.0 Å². The third-order valence-corrected chi connectivity index (χ3v) is 3.78. The van der Waals surface area contributed by atoms with E-state index in [-0.39, 0.29) is 5.91 Å². The average Bonchev–Trinajstić information content (AvgIpc) is 2.51. The van der Waals surface area contributed by atoms with Crippen molar-refractivity contribution in [1.82, 2.24) is 16.0 Å². The molecule has 0 saturated heterocycles. The van der Waals surface area contributed by atoms with Crippen molar-refractivity contribution >= 4 is 39.6 Å². The van der Waals surface area contributed by atoms with Crippen molar-refractivity contribution in [3.8, 4) is 0 Å². The number of benzene rings is 1. The maximum atomic E-state index is 12.0. The summed E-state index contributed by atoms with van der Waals surface area (Å²) >= 11 is 5.13. The van der Waals surface area contributed by atoms with Crippen LogP contribution in [0.2, 0.25) is 0 Å². The van der Waals surface area contributed by atoms with E-state index >= 15 is 0 Å². The van der Waals surface area contributed by atoms with Gasteiger partial charge in [0.15, 0.2) is 5.96 Å². The Kier molecular flexibility index (Phi) is 9.74. The summed E-state index contributed by atoms with van der Waals surface area (Å²) in [5.41, 5.74) is 0.648. The van der Waals surface area contributed by atoms with Gasteiger partial charge in [0.2, 0.25) is 0 Å². The second kappa shape index (κ2) is 11.4. The summed E-state index contributed by atoms with van der Waals surface area (Å²) in [7, 11) is 0. The Morgan fingerprint density at radius 1 is 1.27 bits per heavy atom. The first-order valence-electron chi connectivity index (χ1n) is 7.22. The number of rotatable bonds is 8. The highest BCUT2D eigenvalue weighted by molar-refractivity contribution is 9.10. The Bertz CT molecular complexity index is 496. The Hall–Kier alpha value is -1.21. The fourth-order valence-electron chi connectivity index (χ4n) is 1.68. The van der Waals surface area contributed by atoms with Gasteiger partial charge in [-0.25, -0.2) is 0 Å². The molecular formula is C15H23BrN4OS. The Balaban J connectivity index is 2.33. The molecule has 0 atom stereocenters. The van der Waals surface area contributed by atoms with Gasteiger partial charge in [0.25, 0.3) is 5.91 Å². The molecule has 0 heterocycles. The Morgan fingerprint density at radius 2 is 2.05 bits per heavy atom. The maximum absolute atomic E-state index is 12.0. The smallest absolute Gasteiger partial charge is 0.251 e. The van der Waals surface area contributed by atoms with Crippen molar-refractivity contribution in [2.45, 2.75) is 6.92 Å². The monoisotopic (exact) mass is 386 g/mol. The molecule has 5 nitrogen and oxygen atoms in total. The number of halogens is 1. The normalized spacial score (nSPS) is 11.1. The molecule has 0 aliphatic rings. The maximum Gasteiger partial charge on any atom is 0.251 e. The molecule has 3 N–H and O–H groups in total. The zero-order valence-electron chi connectivity index (χ0n) is 13.0. The molecule has 1 aromatic rings. The Morgan fingerprint density at radius 3 is 2.73 bits per heavy atom. The zero-order chi connectivity index (χ0) is 16.2. The number of guanidine groups is 1. The summed E-state index contributed by atoms with van der Waals surface area (Å²) in [4.78, 5) is 16.4. The van der Waals surface area contributed by atoms with Gasteiger partial charge in [-0.1, -0.05) is 22.0 Å². The van der Waals surface area contributed by atoms with E-state index < -0.39 is 0 Å². The van der Waals surface area contributed by atoms with Crippen LogP contribution < -0.4 is 16.0 Å². The van der Waals surface area contributed by atoms with Gasteiger partial charge in [-0.15, -0.1) is 0 Å². The molecule has 0 unspecified atom stereocenters. The van der Waals surface area contributed by atoms with Gasteiger partial charge in [0, 0.05) is 35.4 Å². The number of hydrogen-bond donors (Lipinski definition) is 3. The number of nitrogens with one attached hydrogen (secondary N) is 3. The summed E-state index contributed by atoms with van der Waals surface area (Å²) in [6.07, 6.45) is 2.06. The molecular weight excluding hydrogens is 364 g/mol. The molecule has 0 bridgehead atoms. The molecule has 22 heavy (non-hydrogen) atoms. The number of amides is 1. The lowest BCUT2D eigenvalue weighted by molar-refractivity contribution is 0.0954. The summed E-state index contributed by atoms with van der Waals surface area (Å²) in [5, 5.41) is 9.26. The number of hydrogen-bond acceptors (Lipinski definition) is 3. The van der Waals surface area contributed by atoms with Gasteiger partial charge in [0.1, 0.15) is 0 Å². The summed E-state index contributed by atoms with van der Waals surface area (Å²) in [6.45, 7) is 4.79. The molecule has 0 aliphatic carbocycles. The Labute approximate surface area is 144 Å². The first-order chi connectivity index (χ1) is 10.7. The minimum absolute atomic E-state index is 0.0765. The van der Waals surface area contributed by atoms with Crippen LogP contribution >= 0.6 is 27.7 Å². The SMILES string of the molecule is CCNC(=NCCSC)NCCNC(=O)c1cccc(Br)c1. The van der Waals surface area contributed by atoms with Crippen molar-refractivity contribution in [1.29, 1.82) is 0 Å². The molecule has 122 valence electrons. The van der Waals surface area contributed by atoms with Gasteiger partial charge in [0.05, 0.1) is 6.54 Å².